The van der Waals surface area contributed by atoms with Crippen LogP contribution in [0.25, 0.3) is 5.69 Å². The zero-order valence-corrected chi connectivity index (χ0v) is 21.6. The Morgan fingerprint density at radius 2 is 1.79 bits per heavy atom. The Hall–Kier alpha value is -4.17. The highest BCUT2D eigenvalue weighted by molar-refractivity contribution is 7.80. The second-order valence-electron chi connectivity index (χ2n) is 9.67. The van der Waals surface area contributed by atoms with Crippen LogP contribution in [0.1, 0.15) is 59.5 Å². The smallest absolute Gasteiger partial charge is 0.335 e. The molecule has 0 bridgehead atoms. The summed E-state index contributed by atoms with van der Waals surface area (Å²) in [4.78, 5) is 18.4. The molecule has 7 nitrogen and oxygen atoms in total. The Kier molecular flexibility index (Phi) is 6.55. The van der Waals surface area contributed by atoms with Crippen molar-refractivity contribution in [1.82, 2.24) is 14.9 Å². The first-order valence-corrected chi connectivity index (χ1v) is 13.3. The third-order valence-electron chi connectivity index (χ3n) is 7.27. The lowest BCUT2D eigenvalue weighted by Gasteiger charge is -2.29. The Bertz CT molecular complexity index is 1450. The van der Waals surface area contributed by atoms with Gasteiger partial charge in [0.25, 0.3) is 0 Å². The Morgan fingerprint density at radius 1 is 0.974 bits per heavy atom. The molecule has 1 saturated heterocycles. The number of thiocarbonyl (C=S) groups is 1. The van der Waals surface area contributed by atoms with E-state index in [9.17, 15) is 9.90 Å². The van der Waals surface area contributed by atoms with Gasteiger partial charge in [0.15, 0.2) is 5.11 Å². The Balaban J connectivity index is 1.40. The van der Waals surface area contributed by atoms with Gasteiger partial charge in [0, 0.05) is 29.5 Å². The van der Waals surface area contributed by atoms with Gasteiger partial charge in [-0.2, -0.15) is 0 Å². The van der Waals surface area contributed by atoms with Gasteiger partial charge in [0.2, 0.25) is 0 Å². The molecule has 2 aromatic carbocycles. The maximum atomic E-state index is 11.7. The molecular formula is C30H28N4O3S. The molecule has 8 heteroatoms. The van der Waals surface area contributed by atoms with Crippen LogP contribution >= 0.6 is 12.2 Å². The van der Waals surface area contributed by atoms with Crippen LogP contribution in [0.5, 0.6) is 5.75 Å². The zero-order valence-electron chi connectivity index (χ0n) is 20.7. The van der Waals surface area contributed by atoms with Crippen molar-refractivity contribution in [3.63, 3.8) is 0 Å². The molecule has 38 heavy (non-hydrogen) atoms. The number of hydrogen-bond acceptors (Lipinski definition) is 4. The van der Waals surface area contributed by atoms with Crippen LogP contribution < -0.4 is 15.0 Å². The van der Waals surface area contributed by atoms with Crippen LogP contribution in [-0.4, -0.2) is 31.8 Å². The van der Waals surface area contributed by atoms with E-state index < -0.39 is 5.97 Å². The summed E-state index contributed by atoms with van der Waals surface area (Å²) in [6.45, 7) is 0. The first-order valence-electron chi connectivity index (χ1n) is 12.9. The third kappa shape index (κ3) is 4.63. The molecule has 3 heterocycles. The highest BCUT2D eigenvalue weighted by Gasteiger charge is 2.42. The molecule has 2 fully saturated rings. The molecule has 1 aliphatic carbocycles. The van der Waals surface area contributed by atoms with Crippen LogP contribution in [0.3, 0.4) is 0 Å². The van der Waals surface area contributed by atoms with Crippen molar-refractivity contribution < 1.29 is 14.6 Å². The molecule has 2 aromatic heterocycles. The van der Waals surface area contributed by atoms with Crippen molar-refractivity contribution in [2.45, 2.75) is 43.9 Å². The minimum Gasteiger partial charge on any atom is -0.490 e. The van der Waals surface area contributed by atoms with Crippen LogP contribution in [0.4, 0.5) is 5.69 Å². The molecule has 192 valence electrons. The van der Waals surface area contributed by atoms with Crippen molar-refractivity contribution in [3.8, 4) is 11.4 Å². The van der Waals surface area contributed by atoms with Crippen molar-refractivity contribution in [1.29, 1.82) is 0 Å². The van der Waals surface area contributed by atoms with E-state index in [1.807, 2.05) is 71.4 Å². The molecule has 0 unspecified atom stereocenters. The van der Waals surface area contributed by atoms with Crippen molar-refractivity contribution in [2.75, 3.05) is 4.90 Å². The summed E-state index contributed by atoms with van der Waals surface area (Å²) < 4.78 is 8.21. The van der Waals surface area contributed by atoms with Gasteiger partial charge in [-0.15, -0.1) is 0 Å². The normalized spacial score (nSPS) is 19.5. The minimum atomic E-state index is -0.961. The fourth-order valence-electron chi connectivity index (χ4n) is 5.48. The minimum absolute atomic E-state index is 0.213. The molecule has 6 rings (SSSR count). The zero-order chi connectivity index (χ0) is 26.1. The van der Waals surface area contributed by atoms with E-state index in [-0.39, 0.29) is 17.6 Å². The summed E-state index contributed by atoms with van der Waals surface area (Å²) in [5.74, 6) is -0.0948. The number of carbonyl (C=O) groups is 1. The first-order chi connectivity index (χ1) is 18.6. The van der Waals surface area contributed by atoms with E-state index in [4.69, 9.17) is 17.0 Å². The van der Waals surface area contributed by atoms with Gasteiger partial charge in [-0.3, -0.25) is 4.98 Å². The number of carboxylic acids is 1. The molecule has 2 atom stereocenters. The quantitative estimate of drug-likeness (QED) is 0.284. The standard InChI is InChI=1S/C30H28N4O3S/c35-29(36)20-7-5-8-22(19-20)33-18-6-12-26(33)28-27(25-11-3-4-17-31-25)32-30(38)34(28)21-13-15-24(16-14-21)37-23-9-1-2-10-23/h3-8,11-19,23,27-28H,1-2,9-10H2,(H,32,38)(H,35,36)/t27-,28-/m1/s1. The summed E-state index contributed by atoms with van der Waals surface area (Å²) in [7, 11) is 0. The van der Waals surface area contributed by atoms with E-state index in [0.717, 1.165) is 41.4 Å². The number of benzene rings is 2. The molecule has 4 aromatic rings. The van der Waals surface area contributed by atoms with Crippen molar-refractivity contribution >= 4 is 29.0 Å². The fourth-order valence-corrected chi connectivity index (χ4v) is 5.82. The summed E-state index contributed by atoms with van der Waals surface area (Å²) >= 11 is 5.88. The third-order valence-corrected chi connectivity index (χ3v) is 7.59. The maximum Gasteiger partial charge on any atom is 0.335 e. The number of anilines is 1. The topological polar surface area (TPSA) is 79.6 Å². The highest BCUT2D eigenvalue weighted by Crippen LogP contribution is 2.42. The monoisotopic (exact) mass is 524 g/mol. The van der Waals surface area contributed by atoms with E-state index >= 15 is 0 Å². The number of ether oxygens (including phenoxy) is 1. The number of aromatic nitrogens is 2. The lowest BCUT2D eigenvalue weighted by atomic mass is 10.0. The molecule has 0 radical (unpaired) electrons. The Labute approximate surface area is 226 Å². The molecule has 2 aliphatic rings. The van der Waals surface area contributed by atoms with E-state index in [1.54, 1.807) is 24.4 Å². The lowest BCUT2D eigenvalue weighted by Crippen LogP contribution is -2.30. The number of aromatic carboxylic acids is 1. The summed E-state index contributed by atoms with van der Waals surface area (Å²) in [6, 6.07) is 24.5. The first kappa shape index (κ1) is 24.2. The predicted molar refractivity (Wildman–Crippen MR) is 150 cm³/mol. The van der Waals surface area contributed by atoms with E-state index in [2.05, 4.69) is 15.2 Å². The average Bonchev–Trinajstić information content (AvgIpc) is 3.70. The second-order valence-corrected chi connectivity index (χ2v) is 10.1. The highest BCUT2D eigenvalue weighted by atomic mass is 32.1. The van der Waals surface area contributed by atoms with Crippen molar-refractivity contribution in [2.24, 2.45) is 0 Å². The molecule has 2 N–H and O–H groups in total. The van der Waals surface area contributed by atoms with Gasteiger partial charge in [-0.25, -0.2) is 4.79 Å². The van der Waals surface area contributed by atoms with Gasteiger partial charge < -0.3 is 24.6 Å². The number of nitrogens with one attached hydrogen (secondary N) is 1. The molecule has 0 amide bonds. The predicted octanol–water partition coefficient (Wildman–Crippen LogP) is 6.07. The average molecular weight is 525 g/mol. The summed E-state index contributed by atoms with van der Waals surface area (Å²) in [6.07, 6.45) is 8.69. The molecule has 0 spiro atoms. The molecule has 1 saturated carbocycles. The SMILES string of the molecule is O=C(O)c1cccc(-n2cccc2[C@@H]2[C@@H](c3ccccn3)NC(=S)N2c2ccc(OC3CCCC3)cc2)c1. The molecular weight excluding hydrogens is 496 g/mol. The van der Waals surface area contributed by atoms with Crippen LogP contribution in [0.2, 0.25) is 0 Å². The van der Waals surface area contributed by atoms with E-state index in [1.165, 1.54) is 12.8 Å². The largest absolute Gasteiger partial charge is 0.490 e. The van der Waals surface area contributed by atoms with Crippen molar-refractivity contribution in [3.05, 3.63) is 108 Å². The van der Waals surface area contributed by atoms with Crippen LogP contribution in [0, 0.1) is 0 Å². The van der Waals surface area contributed by atoms with Gasteiger partial charge in [0.05, 0.1) is 23.4 Å². The van der Waals surface area contributed by atoms with E-state index in [0.29, 0.717) is 11.2 Å². The number of carboxylic acid groups (broad SMARTS) is 1. The lowest BCUT2D eigenvalue weighted by molar-refractivity contribution is 0.0697. The van der Waals surface area contributed by atoms with Gasteiger partial charge in [-0.1, -0.05) is 12.1 Å². The number of nitrogens with zero attached hydrogens (tertiary/aromatic N) is 3. The van der Waals surface area contributed by atoms with Gasteiger partial charge in [-0.05, 0) is 105 Å². The molecule has 1 aliphatic heterocycles. The van der Waals surface area contributed by atoms with Gasteiger partial charge in [0.1, 0.15) is 11.8 Å². The number of hydrogen-bond donors (Lipinski definition) is 2. The summed E-state index contributed by atoms with van der Waals surface area (Å²) in [5, 5.41) is 13.6. The maximum absolute atomic E-state index is 11.7. The van der Waals surface area contributed by atoms with Crippen LogP contribution in [0.15, 0.2) is 91.3 Å². The fraction of sp³-hybridized carbons (Fsp3) is 0.233. The number of pyridine rings is 1. The second kappa shape index (κ2) is 10.3. The van der Waals surface area contributed by atoms with Crippen LogP contribution in [-0.2, 0) is 0 Å². The summed E-state index contributed by atoms with van der Waals surface area (Å²) in [5.41, 5.74) is 3.77. The Morgan fingerprint density at radius 3 is 2.53 bits per heavy atom. The van der Waals surface area contributed by atoms with Gasteiger partial charge >= 0.3 is 5.97 Å². The number of rotatable bonds is 7.